The van der Waals surface area contributed by atoms with Gasteiger partial charge in [0.15, 0.2) is 0 Å². The van der Waals surface area contributed by atoms with E-state index in [9.17, 15) is 9.18 Å². The number of fused-ring (bicyclic) bond motifs is 1. The van der Waals surface area contributed by atoms with E-state index in [1.54, 1.807) is 23.7 Å². The molecule has 1 heterocycles. The van der Waals surface area contributed by atoms with Crippen molar-refractivity contribution in [2.45, 2.75) is 4.90 Å². The van der Waals surface area contributed by atoms with Gasteiger partial charge >= 0.3 is 0 Å². The summed E-state index contributed by atoms with van der Waals surface area (Å²) < 4.78 is 12.9. The molecule has 1 unspecified atom stereocenters. The van der Waals surface area contributed by atoms with E-state index in [-0.39, 0.29) is 10.9 Å². The first-order chi connectivity index (χ1) is 8.75. The second kappa shape index (κ2) is 4.38. The van der Waals surface area contributed by atoms with Crippen LogP contribution >= 0.6 is 10.9 Å². The second-order valence-corrected chi connectivity index (χ2v) is 5.81. The summed E-state index contributed by atoms with van der Waals surface area (Å²) in [5.41, 5.74) is 3.05. The number of benzene rings is 2. The fraction of sp³-hybridized carbons (Fsp3) is 0. The maximum absolute atomic E-state index is 12.9. The van der Waals surface area contributed by atoms with E-state index in [4.69, 9.17) is 0 Å². The van der Waals surface area contributed by atoms with E-state index < -0.39 is 10.9 Å². The lowest BCUT2D eigenvalue weighted by molar-refractivity contribution is 0.108. The molecule has 0 aliphatic carbocycles. The molecule has 0 amide bonds. The highest BCUT2D eigenvalue weighted by Gasteiger charge is 2.22. The molecule has 2 aromatic rings. The molecule has 2 nitrogen and oxygen atoms in total. The van der Waals surface area contributed by atoms with Crippen LogP contribution in [0.3, 0.4) is 0 Å². The summed E-state index contributed by atoms with van der Waals surface area (Å²) in [4.78, 5) is 17.5. The molecule has 0 radical (unpaired) electrons. The fourth-order valence-corrected chi connectivity index (χ4v) is 3.49. The number of thiol groups is 1. The fourth-order valence-electron chi connectivity index (χ4n) is 1.85. The Morgan fingerprint density at radius 2 is 1.72 bits per heavy atom. The Hall–Kier alpha value is -1.94. The van der Waals surface area contributed by atoms with Gasteiger partial charge in [-0.1, -0.05) is 12.1 Å². The molecule has 1 atom stereocenters. The number of nitrogens with zero attached hydrogens (tertiary/aromatic N) is 1. The Kier molecular flexibility index (Phi) is 2.72. The Labute approximate surface area is 107 Å². The van der Waals surface area contributed by atoms with Crippen molar-refractivity contribution in [1.29, 1.82) is 0 Å². The summed E-state index contributed by atoms with van der Waals surface area (Å²) in [5.74, 6) is -0.296. The van der Waals surface area contributed by atoms with Crippen LogP contribution < -0.4 is 0 Å². The summed E-state index contributed by atoms with van der Waals surface area (Å²) in [6.45, 7) is 0. The smallest absolute Gasteiger partial charge is 0.210 e. The number of carbonyl (C=O) groups is 1. The average molecular weight is 259 g/mol. The molecule has 0 spiro atoms. The molecule has 4 heteroatoms. The molecule has 3 rings (SSSR count). The van der Waals surface area contributed by atoms with Crippen molar-refractivity contribution >= 4 is 27.2 Å². The Bertz CT molecular complexity index is 636. The molecular weight excluding hydrogens is 249 g/mol. The minimum Gasteiger partial charge on any atom is -0.283 e. The van der Waals surface area contributed by atoms with Gasteiger partial charge in [-0.25, -0.2) is 4.39 Å². The molecule has 0 saturated carbocycles. The topological polar surface area (TPSA) is 29.4 Å². The average Bonchev–Trinajstić information content (AvgIpc) is 2.41. The molecule has 0 N–H and O–H groups in total. The summed E-state index contributed by atoms with van der Waals surface area (Å²) >= 11 is 0. The zero-order valence-corrected chi connectivity index (χ0v) is 10.3. The minimum atomic E-state index is -1.12. The predicted molar refractivity (Wildman–Crippen MR) is 72.6 cm³/mol. The number of hydrogen-bond donors (Lipinski definition) is 1. The molecule has 90 valence electrons. The Balaban J connectivity index is 2.03. The minimum absolute atomic E-state index is 0.0715. The van der Waals surface area contributed by atoms with Gasteiger partial charge in [-0.05, 0) is 41.3 Å². The largest absolute Gasteiger partial charge is 0.283 e. The Morgan fingerprint density at radius 3 is 2.50 bits per heavy atom. The molecular formula is C14H10FNOS. The lowest BCUT2D eigenvalue weighted by Gasteiger charge is -2.20. The van der Waals surface area contributed by atoms with Gasteiger partial charge in [-0.15, -0.1) is 10.9 Å². The lowest BCUT2D eigenvalue weighted by atomic mass is 10.2. The van der Waals surface area contributed by atoms with Crippen LogP contribution in [0.1, 0.15) is 10.4 Å². The summed E-state index contributed by atoms with van der Waals surface area (Å²) in [7, 11) is -1.12. The zero-order chi connectivity index (χ0) is 12.5. The molecule has 0 fully saturated rings. The first-order valence-corrected chi connectivity index (χ1v) is 6.89. The number of rotatable bonds is 1. The van der Waals surface area contributed by atoms with Crippen molar-refractivity contribution in [2.24, 2.45) is 4.99 Å². The molecule has 1 aliphatic heterocycles. The highest BCUT2D eigenvalue weighted by molar-refractivity contribution is 8.40. The number of hydrogen-bond acceptors (Lipinski definition) is 2. The number of aliphatic imine (C=N–C) groups is 1. The van der Waals surface area contributed by atoms with Crippen molar-refractivity contribution in [3.63, 3.8) is 0 Å². The summed E-state index contributed by atoms with van der Waals surface area (Å²) in [6.07, 6.45) is 0. The maximum Gasteiger partial charge on any atom is 0.210 e. The zero-order valence-electron chi connectivity index (χ0n) is 9.38. The van der Waals surface area contributed by atoms with Crippen LogP contribution in [0.2, 0.25) is 0 Å². The van der Waals surface area contributed by atoms with Gasteiger partial charge < -0.3 is 0 Å². The normalized spacial score (nSPS) is 19.6. The van der Waals surface area contributed by atoms with Crippen LogP contribution in [0, 0.1) is 5.82 Å². The Morgan fingerprint density at radius 1 is 1.00 bits per heavy atom. The van der Waals surface area contributed by atoms with Crippen molar-refractivity contribution in [3.8, 4) is 0 Å². The van der Waals surface area contributed by atoms with E-state index in [0.29, 0.717) is 11.3 Å². The molecule has 18 heavy (non-hydrogen) atoms. The van der Waals surface area contributed by atoms with Gasteiger partial charge in [-0.2, -0.15) is 0 Å². The van der Waals surface area contributed by atoms with E-state index >= 15 is 0 Å². The predicted octanol–water partition coefficient (Wildman–Crippen LogP) is 3.70. The van der Waals surface area contributed by atoms with Crippen molar-refractivity contribution in [1.82, 2.24) is 0 Å². The quantitative estimate of drug-likeness (QED) is 0.777. The van der Waals surface area contributed by atoms with Gasteiger partial charge in [0.2, 0.25) is 5.12 Å². The van der Waals surface area contributed by atoms with Gasteiger partial charge in [0.25, 0.3) is 0 Å². The second-order valence-electron chi connectivity index (χ2n) is 3.91. The van der Waals surface area contributed by atoms with Crippen LogP contribution in [-0.2, 0) is 0 Å². The molecule has 0 saturated heterocycles. The third-order valence-electron chi connectivity index (χ3n) is 2.77. The molecule has 0 aromatic heterocycles. The number of carbonyl (C=O) groups excluding carboxylic acids is 1. The van der Waals surface area contributed by atoms with Crippen LogP contribution in [-0.4, -0.2) is 10.7 Å². The van der Waals surface area contributed by atoms with Crippen LogP contribution in [0.25, 0.3) is 0 Å². The summed E-state index contributed by atoms with van der Waals surface area (Å²) in [6, 6.07) is 13.3. The van der Waals surface area contributed by atoms with Crippen LogP contribution in [0.4, 0.5) is 10.1 Å². The maximum atomic E-state index is 12.9. The van der Waals surface area contributed by atoms with E-state index in [0.717, 1.165) is 4.90 Å². The third kappa shape index (κ3) is 1.84. The first-order valence-electron chi connectivity index (χ1n) is 5.48. The molecule has 1 aliphatic rings. The van der Waals surface area contributed by atoms with E-state index in [1.807, 2.05) is 18.2 Å². The first kappa shape index (κ1) is 11.2. The highest BCUT2D eigenvalue weighted by Crippen LogP contribution is 2.43. The molecule has 0 bridgehead atoms. The highest BCUT2D eigenvalue weighted by atomic mass is 32.2. The van der Waals surface area contributed by atoms with Gasteiger partial charge in [-0.3, -0.25) is 9.79 Å². The van der Waals surface area contributed by atoms with E-state index in [2.05, 4.69) is 4.99 Å². The van der Waals surface area contributed by atoms with Gasteiger partial charge in [0, 0.05) is 0 Å². The number of halogens is 1. The lowest BCUT2D eigenvalue weighted by Crippen LogP contribution is -2.06. The van der Waals surface area contributed by atoms with E-state index in [1.165, 1.54) is 12.1 Å². The van der Waals surface area contributed by atoms with Crippen molar-refractivity contribution in [3.05, 3.63) is 59.9 Å². The third-order valence-corrected chi connectivity index (χ3v) is 4.65. The number of para-hydroxylation sites is 1. The molecule has 2 aromatic carbocycles. The van der Waals surface area contributed by atoms with Crippen molar-refractivity contribution in [2.75, 3.05) is 0 Å². The van der Waals surface area contributed by atoms with Crippen LogP contribution in [0.15, 0.2) is 58.4 Å². The monoisotopic (exact) mass is 259 g/mol. The van der Waals surface area contributed by atoms with Crippen molar-refractivity contribution < 1.29 is 9.18 Å². The SMILES string of the molecule is O=C1c2ccccc2N=C[SH]1c1ccc(F)cc1. The van der Waals surface area contributed by atoms with Gasteiger partial charge in [0.1, 0.15) is 5.82 Å². The van der Waals surface area contributed by atoms with Crippen LogP contribution in [0.5, 0.6) is 0 Å². The van der Waals surface area contributed by atoms with Gasteiger partial charge in [0.05, 0.1) is 16.8 Å². The summed E-state index contributed by atoms with van der Waals surface area (Å²) in [5, 5.41) is 0.0715. The standard InChI is InChI=1S/C14H10FNOS/c15-10-5-7-11(8-6-10)18-9-16-13-4-2-1-3-12(13)14(18)17/h1-9,18H.